The summed E-state index contributed by atoms with van der Waals surface area (Å²) in [5, 5.41) is 4.44. The lowest BCUT2D eigenvalue weighted by molar-refractivity contribution is 0.334. The van der Waals surface area contributed by atoms with Gasteiger partial charge in [0.15, 0.2) is 0 Å². The van der Waals surface area contributed by atoms with Crippen LogP contribution in [0.15, 0.2) is 12.4 Å². The normalized spacial score (nSPS) is 9.88. The third kappa shape index (κ3) is 3.45. The number of nitrogens with two attached hydrogens (primary N) is 1. The molecule has 0 aromatic rings. The fourth-order valence-electron chi connectivity index (χ4n) is 0.229. The Morgan fingerprint density at radius 1 is 1.62 bits per heavy atom. The summed E-state index contributed by atoms with van der Waals surface area (Å²) in [6, 6.07) is 0. The van der Waals surface area contributed by atoms with Gasteiger partial charge < -0.3 is 10.3 Å². The Bertz CT molecular complexity index is 70.4. The molecular weight excluding hydrogens is 104 g/mol. The molecule has 0 aliphatic heterocycles. The van der Waals surface area contributed by atoms with Crippen molar-refractivity contribution in [2.75, 3.05) is 14.1 Å². The minimum Gasteiger partial charge on any atom is -0.393 e. The molecule has 4 heteroatoms. The fourth-order valence-corrected chi connectivity index (χ4v) is 0.229. The van der Waals surface area contributed by atoms with E-state index in [0.717, 1.165) is 0 Å². The average molecular weight is 116 g/mol. The van der Waals surface area contributed by atoms with Crippen LogP contribution in [0, 0.1) is 0 Å². The first kappa shape index (κ1) is 7.26. The molecule has 0 rings (SSSR count). The van der Waals surface area contributed by atoms with Crippen molar-refractivity contribution in [1.29, 1.82) is 0 Å². The lowest BCUT2D eigenvalue weighted by atomic mass is 10.8. The number of hydrogen-bond acceptors (Lipinski definition) is 4. The van der Waals surface area contributed by atoms with Gasteiger partial charge >= 0.3 is 0 Å². The fraction of sp³-hybridized carbons (Fsp3) is 0.500. The SMILES string of the molecule is CN/C=C\N(C)NN. The zero-order chi connectivity index (χ0) is 6.41. The molecule has 0 atom stereocenters. The third-order valence-electron chi connectivity index (χ3n) is 0.668. The lowest BCUT2D eigenvalue weighted by Gasteiger charge is -2.09. The number of nitrogens with zero attached hydrogens (tertiary/aromatic N) is 1. The maximum atomic E-state index is 5.01. The predicted octanol–water partition coefficient (Wildman–Crippen LogP) is -1.01. The zero-order valence-corrected chi connectivity index (χ0v) is 5.18. The molecule has 0 spiro atoms. The molecular formula is C4H12N4. The summed E-state index contributed by atoms with van der Waals surface area (Å²) >= 11 is 0. The van der Waals surface area contributed by atoms with E-state index >= 15 is 0 Å². The molecule has 0 radical (unpaired) electrons. The molecule has 0 aromatic carbocycles. The Kier molecular flexibility index (Phi) is 4.01. The molecule has 0 bridgehead atoms. The van der Waals surface area contributed by atoms with Crippen LogP contribution in [0.5, 0.6) is 0 Å². The maximum Gasteiger partial charge on any atom is 0.0324 e. The van der Waals surface area contributed by atoms with E-state index < -0.39 is 0 Å². The molecule has 0 saturated carbocycles. The molecule has 4 N–H and O–H groups in total. The summed E-state index contributed by atoms with van der Waals surface area (Å²) in [7, 11) is 3.62. The molecule has 4 nitrogen and oxygen atoms in total. The van der Waals surface area contributed by atoms with E-state index in [1.807, 2.05) is 7.05 Å². The van der Waals surface area contributed by atoms with Crippen LogP contribution in [-0.2, 0) is 0 Å². The third-order valence-corrected chi connectivity index (χ3v) is 0.668. The van der Waals surface area contributed by atoms with Crippen LogP contribution in [0.2, 0.25) is 0 Å². The van der Waals surface area contributed by atoms with Gasteiger partial charge in [0.1, 0.15) is 0 Å². The van der Waals surface area contributed by atoms with Crippen molar-refractivity contribution in [2.45, 2.75) is 0 Å². The van der Waals surface area contributed by atoms with E-state index in [0.29, 0.717) is 0 Å². The number of hydrogen-bond donors (Lipinski definition) is 3. The molecule has 8 heavy (non-hydrogen) atoms. The molecule has 0 aliphatic rings. The standard InChI is InChI=1S/C4H12N4/c1-6-3-4-8(2)7-5/h3-4,6-7H,5H2,1-2H3/b4-3-. The van der Waals surface area contributed by atoms with Gasteiger partial charge in [-0.3, -0.25) is 5.84 Å². The van der Waals surface area contributed by atoms with Gasteiger partial charge in [-0.15, -0.1) is 0 Å². The van der Waals surface area contributed by atoms with Crippen LogP contribution in [0.1, 0.15) is 0 Å². The van der Waals surface area contributed by atoms with Crippen molar-refractivity contribution < 1.29 is 0 Å². The summed E-state index contributed by atoms with van der Waals surface area (Å²) in [4.78, 5) is 0. The summed E-state index contributed by atoms with van der Waals surface area (Å²) in [5.74, 6) is 5.01. The molecule has 0 unspecified atom stereocenters. The lowest BCUT2D eigenvalue weighted by Crippen LogP contribution is -2.35. The molecule has 0 aliphatic carbocycles. The number of rotatable bonds is 3. The monoisotopic (exact) mass is 116 g/mol. The first-order chi connectivity index (χ1) is 3.81. The Balaban J connectivity index is 3.21. The maximum absolute atomic E-state index is 5.01. The molecule has 0 heterocycles. The molecule has 48 valence electrons. The van der Waals surface area contributed by atoms with Gasteiger partial charge in [-0.05, 0) is 0 Å². The zero-order valence-electron chi connectivity index (χ0n) is 5.18. The topological polar surface area (TPSA) is 53.3 Å². The highest BCUT2D eigenvalue weighted by molar-refractivity contribution is 4.73. The summed E-state index contributed by atoms with van der Waals surface area (Å²) in [5.41, 5.74) is 2.41. The van der Waals surface area contributed by atoms with Crippen LogP contribution < -0.4 is 16.7 Å². The van der Waals surface area contributed by atoms with E-state index in [1.165, 1.54) is 0 Å². The second-order valence-corrected chi connectivity index (χ2v) is 1.34. The Labute approximate surface area is 49.3 Å². The first-order valence-electron chi connectivity index (χ1n) is 2.34. The van der Waals surface area contributed by atoms with Crippen molar-refractivity contribution in [2.24, 2.45) is 5.84 Å². The van der Waals surface area contributed by atoms with Crippen LogP contribution in [0.4, 0.5) is 0 Å². The van der Waals surface area contributed by atoms with Gasteiger partial charge in [-0.2, -0.15) is 5.53 Å². The van der Waals surface area contributed by atoms with Gasteiger partial charge in [0, 0.05) is 26.5 Å². The molecule has 0 fully saturated rings. The van der Waals surface area contributed by atoms with Gasteiger partial charge in [0.05, 0.1) is 0 Å². The highest BCUT2D eigenvalue weighted by atomic mass is 15.6. The van der Waals surface area contributed by atoms with Crippen LogP contribution in [0.25, 0.3) is 0 Å². The van der Waals surface area contributed by atoms with Crippen molar-refractivity contribution in [3.63, 3.8) is 0 Å². The Morgan fingerprint density at radius 2 is 2.25 bits per heavy atom. The molecule has 0 saturated heterocycles. The van der Waals surface area contributed by atoms with Gasteiger partial charge in [0.2, 0.25) is 0 Å². The minimum absolute atomic E-state index is 1.62. The summed E-state index contributed by atoms with van der Waals surface area (Å²) in [6.45, 7) is 0. The average Bonchev–Trinajstić information content (AvgIpc) is 1.83. The van der Waals surface area contributed by atoms with E-state index in [1.54, 1.807) is 24.5 Å². The van der Waals surface area contributed by atoms with E-state index in [9.17, 15) is 0 Å². The van der Waals surface area contributed by atoms with E-state index in [4.69, 9.17) is 5.84 Å². The van der Waals surface area contributed by atoms with Crippen LogP contribution in [0.3, 0.4) is 0 Å². The van der Waals surface area contributed by atoms with E-state index in [-0.39, 0.29) is 0 Å². The summed E-state index contributed by atoms with van der Waals surface area (Å²) in [6.07, 6.45) is 3.53. The number of nitrogens with one attached hydrogen (secondary N) is 2. The quantitative estimate of drug-likeness (QED) is 0.326. The smallest absolute Gasteiger partial charge is 0.0324 e. The second kappa shape index (κ2) is 4.42. The highest BCUT2D eigenvalue weighted by Crippen LogP contribution is 1.69. The first-order valence-corrected chi connectivity index (χ1v) is 2.34. The Hall–Kier alpha value is -0.740. The molecule has 0 amide bonds. The molecule has 0 aromatic heterocycles. The number of hydrazine groups is 2. The van der Waals surface area contributed by atoms with Crippen molar-refractivity contribution >= 4 is 0 Å². The minimum atomic E-state index is 1.62. The second-order valence-electron chi connectivity index (χ2n) is 1.34. The van der Waals surface area contributed by atoms with Crippen molar-refractivity contribution in [1.82, 2.24) is 15.9 Å². The van der Waals surface area contributed by atoms with Gasteiger partial charge in [0.25, 0.3) is 0 Å². The van der Waals surface area contributed by atoms with Gasteiger partial charge in [-0.25, -0.2) is 0 Å². The Morgan fingerprint density at radius 3 is 2.62 bits per heavy atom. The summed E-state index contributed by atoms with van der Waals surface area (Å²) < 4.78 is 0. The largest absolute Gasteiger partial charge is 0.393 e. The predicted molar refractivity (Wildman–Crippen MR) is 33.3 cm³/mol. The van der Waals surface area contributed by atoms with Crippen molar-refractivity contribution in [3.8, 4) is 0 Å². The van der Waals surface area contributed by atoms with Crippen molar-refractivity contribution in [3.05, 3.63) is 12.4 Å². The van der Waals surface area contributed by atoms with Crippen LogP contribution in [-0.4, -0.2) is 19.1 Å². The van der Waals surface area contributed by atoms with Gasteiger partial charge in [-0.1, -0.05) is 0 Å². The van der Waals surface area contributed by atoms with Crippen LogP contribution >= 0.6 is 0 Å². The highest BCUT2D eigenvalue weighted by Gasteiger charge is 1.76. The van der Waals surface area contributed by atoms with E-state index in [2.05, 4.69) is 10.9 Å².